The second kappa shape index (κ2) is 3.94. The summed E-state index contributed by atoms with van der Waals surface area (Å²) < 4.78 is 5.40. The van der Waals surface area contributed by atoms with Crippen molar-refractivity contribution in [2.45, 2.75) is 38.8 Å². The van der Waals surface area contributed by atoms with Gasteiger partial charge < -0.3 is 10.1 Å². The summed E-state index contributed by atoms with van der Waals surface area (Å²) in [7, 11) is 0. The van der Waals surface area contributed by atoms with Gasteiger partial charge >= 0.3 is 0 Å². The quantitative estimate of drug-likeness (QED) is 0.640. The first-order valence-corrected chi connectivity index (χ1v) is 4.19. The zero-order valence-electron chi connectivity index (χ0n) is 6.89. The molecule has 0 unspecified atom stereocenters. The van der Waals surface area contributed by atoms with Gasteiger partial charge in [0, 0.05) is 12.6 Å². The van der Waals surface area contributed by atoms with Gasteiger partial charge in [0.2, 0.25) is 0 Å². The summed E-state index contributed by atoms with van der Waals surface area (Å²) in [6.07, 6.45) is 2.82. The molecule has 2 nitrogen and oxygen atoms in total. The number of hydrogen-bond acceptors (Lipinski definition) is 2. The van der Waals surface area contributed by atoms with Crippen molar-refractivity contribution in [1.29, 1.82) is 0 Å². The van der Waals surface area contributed by atoms with E-state index < -0.39 is 0 Å². The average Bonchev–Trinajstić information content (AvgIpc) is 2.31. The van der Waals surface area contributed by atoms with Crippen molar-refractivity contribution < 1.29 is 4.74 Å². The molecule has 1 aliphatic heterocycles. The molecule has 2 heteroatoms. The predicted octanol–water partition coefficient (Wildman–Crippen LogP) is 1.16. The van der Waals surface area contributed by atoms with Gasteiger partial charge in [-0.1, -0.05) is 6.92 Å². The molecule has 1 heterocycles. The molecule has 0 spiro atoms. The van der Waals surface area contributed by atoms with Crippen molar-refractivity contribution in [3.63, 3.8) is 0 Å². The summed E-state index contributed by atoms with van der Waals surface area (Å²) in [5, 5.41) is 3.46. The lowest BCUT2D eigenvalue weighted by Gasteiger charge is -2.14. The summed E-state index contributed by atoms with van der Waals surface area (Å²) in [5.74, 6) is 0. The van der Waals surface area contributed by atoms with Gasteiger partial charge in [0.25, 0.3) is 0 Å². The topological polar surface area (TPSA) is 21.3 Å². The molecular formula is C8H17NO. The molecule has 0 aromatic heterocycles. The van der Waals surface area contributed by atoms with Crippen molar-refractivity contribution in [3.05, 3.63) is 0 Å². The maximum Gasteiger partial charge on any atom is 0.0700 e. The molecule has 2 atom stereocenters. The van der Waals surface area contributed by atoms with Crippen LogP contribution in [0.25, 0.3) is 0 Å². The molecule has 1 saturated heterocycles. The van der Waals surface area contributed by atoms with Crippen LogP contribution in [0.3, 0.4) is 0 Å². The molecule has 10 heavy (non-hydrogen) atoms. The SMILES string of the molecule is CCCN[C@H]1CCO[C@@H]1C. The number of hydrogen-bond donors (Lipinski definition) is 1. The normalized spacial score (nSPS) is 33.0. The fourth-order valence-electron chi connectivity index (χ4n) is 1.33. The largest absolute Gasteiger partial charge is 0.377 e. The molecule has 0 bridgehead atoms. The monoisotopic (exact) mass is 143 g/mol. The van der Waals surface area contributed by atoms with Crippen LogP contribution in [-0.2, 0) is 4.74 Å². The van der Waals surface area contributed by atoms with Crippen LogP contribution in [0.2, 0.25) is 0 Å². The van der Waals surface area contributed by atoms with E-state index >= 15 is 0 Å². The summed E-state index contributed by atoms with van der Waals surface area (Å²) in [6.45, 7) is 6.38. The smallest absolute Gasteiger partial charge is 0.0700 e. The van der Waals surface area contributed by atoms with Crippen LogP contribution in [0.1, 0.15) is 26.7 Å². The molecule has 0 amide bonds. The maximum atomic E-state index is 5.40. The van der Waals surface area contributed by atoms with E-state index in [1.54, 1.807) is 0 Å². The summed E-state index contributed by atoms with van der Waals surface area (Å²) in [4.78, 5) is 0. The zero-order chi connectivity index (χ0) is 7.40. The Bertz CT molecular complexity index is 95.3. The molecular weight excluding hydrogens is 126 g/mol. The van der Waals surface area contributed by atoms with E-state index in [0.717, 1.165) is 13.2 Å². The van der Waals surface area contributed by atoms with Crippen LogP contribution in [0.15, 0.2) is 0 Å². The first-order chi connectivity index (χ1) is 4.84. The Labute approximate surface area is 63.0 Å². The molecule has 1 aliphatic rings. The molecule has 0 radical (unpaired) electrons. The Morgan fingerprint density at radius 1 is 1.60 bits per heavy atom. The number of ether oxygens (including phenoxy) is 1. The van der Waals surface area contributed by atoms with E-state index in [0.29, 0.717) is 12.1 Å². The first-order valence-electron chi connectivity index (χ1n) is 4.19. The van der Waals surface area contributed by atoms with Crippen molar-refractivity contribution >= 4 is 0 Å². The van der Waals surface area contributed by atoms with Gasteiger partial charge in [-0.05, 0) is 26.3 Å². The highest BCUT2D eigenvalue weighted by Crippen LogP contribution is 2.11. The van der Waals surface area contributed by atoms with E-state index in [-0.39, 0.29) is 0 Å². The van der Waals surface area contributed by atoms with Crippen LogP contribution in [0.4, 0.5) is 0 Å². The van der Waals surface area contributed by atoms with E-state index in [1.807, 2.05) is 0 Å². The highest BCUT2D eigenvalue weighted by Gasteiger charge is 2.22. The fraction of sp³-hybridized carbons (Fsp3) is 1.00. The minimum Gasteiger partial charge on any atom is -0.377 e. The maximum absolute atomic E-state index is 5.40. The molecule has 1 rings (SSSR count). The fourth-order valence-corrected chi connectivity index (χ4v) is 1.33. The van der Waals surface area contributed by atoms with Crippen molar-refractivity contribution in [2.24, 2.45) is 0 Å². The Morgan fingerprint density at radius 2 is 2.40 bits per heavy atom. The van der Waals surface area contributed by atoms with Crippen LogP contribution >= 0.6 is 0 Å². The Morgan fingerprint density at radius 3 is 2.90 bits per heavy atom. The second-order valence-electron chi connectivity index (χ2n) is 2.93. The predicted molar refractivity (Wildman–Crippen MR) is 42.1 cm³/mol. The standard InChI is InChI=1S/C8H17NO/c1-3-5-9-8-4-6-10-7(8)2/h7-9H,3-6H2,1-2H3/t7-,8+/m1/s1. The summed E-state index contributed by atoms with van der Waals surface area (Å²) >= 11 is 0. The van der Waals surface area contributed by atoms with Crippen molar-refractivity contribution in [1.82, 2.24) is 5.32 Å². The van der Waals surface area contributed by atoms with E-state index in [2.05, 4.69) is 19.2 Å². The second-order valence-corrected chi connectivity index (χ2v) is 2.93. The lowest BCUT2D eigenvalue weighted by atomic mass is 10.1. The van der Waals surface area contributed by atoms with Gasteiger partial charge in [-0.25, -0.2) is 0 Å². The summed E-state index contributed by atoms with van der Waals surface area (Å²) in [5.41, 5.74) is 0. The van der Waals surface area contributed by atoms with Crippen LogP contribution in [0.5, 0.6) is 0 Å². The summed E-state index contributed by atoms with van der Waals surface area (Å²) in [6, 6.07) is 0.611. The van der Waals surface area contributed by atoms with Crippen molar-refractivity contribution in [2.75, 3.05) is 13.2 Å². The van der Waals surface area contributed by atoms with Gasteiger partial charge in [-0.15, -0.1) is 0 Å². The van der Waals surface area contributed by atoms with E-state index in [1.165, 1.54) is 12.8 Å². The van der Waals surface area contributed by atoms with Crippen LogP contribution < -0.4 is 5.32 Å². The Balaban J connectivity index is 2.14. The molecule has 1 N–H and O–H groups in total. The molecule has 1 fully saturated rings. The lowest BCUT2D eigenvalue weighted by Crippen LogP contribution is -2.34. The minimum absolute atomic E-state index is 0.423. The van der Waals surface area contributed by atoms with Gasteiger partial charge in [0.15, 0.2) is 0 Å². The molecule has 0 aliphatic carbocycles. The zero-order valence-corrected chi connectivity index (χ0v) is 6.89. The third-order valence-electron chi connectivity index (χ3n) is 2.03. The van der Waals surface area contributed by atoms with Gasteiger partial charge in [0.1, 0.15) is 0 Å². The average molecular weight is 143 g/mol. The number of nitrogens with one attached hydrogen (secondary N) is 1. The first kappa shape index (κ1) is 8.02. The highest BCUT2D eigenvalue weighted by atomic mass is 16.5. The molecule has 0 saturated carbocycles. The van der Waals surface area contributed by atoms with Gasteiger partial charge in [-0.3, -0.25) is 0 Å². The minimum atomic E-state index is 0.423. The van der Waals surface area contributed by atoms with Crippen LogP contribution in [-0.4, -0.2) is 25.3 Å². The highest BCUT2D eigenvalue weighted by molar-refractivity contribution is 4.78. The molecule has 0 aromatic rings. The van der Waals surface area contributed by atoms with E-state index in [9.17, 15) is 0 Å². The lowest BCUT2D eigenvalue weighted by molar-refractivity contribution is 0.113. The van der Waals surface area contributed by atoms with Crippen LogP contribution in [0, 0.1) is 0 Å². The third-order valence-corrected chi connectivity index (χ3v) is 2.03. The van der Waals surface area contributed by atoms with Gasteiger partial charge in [0.05, 0.1) is 6.10 Å². The molecule has 0 aromatic carbocycles. The Hall–Kier alpha value is -0.0800. The molecule has 60 valence electrons. The van der Waals surface area contributed by atoms with Crippen molar-refractivity contribution in [3.8, 4) is 0 Å². The third kappa shape index (κ3) is 1.96. The van der Waals surface area contributed by atoms with E-state index in [4.69, 9.17) is 4.74 Å². The van der Waals surface area contributed by atoms with Gasteiger partial charge in [-0.2, -0.15) is 0 Å². The Kier molecular flexibility index (Phi) is 3.16. The number of rotatable bonds is 3.